The molecule has 0 heterocycles. The highest BCUT2D eigenvalue weighted by Gasteiger charge is 1.98. The van der Waals surface area contributed by atoms with E-state index in [4.69, 9.17) is 5.73 Å². The fourth-order valence-corrected chi connectivity index (χ4v) is 0.591. The van der Waals surface area contributed by atoms with E-state index in [1.54, 1.807) is 13.8 Å². The maximum atomic E-state index is 10.7. The SMILES string of the molecule is CCOC(=O)/C=C(/C)NC(N)=O. The molecule has 0 aliphatic rings. The number of nitrogens with one attached hydrogen (secondary N) is 1. The van der Waals surface area contributed by atoms with Gasteiger partial charge in [-0.2, -0.15) is 0 Å². The fourth-order valence-electron chi connectivity index (χ4n) is 0.591. The molecule has 0 saturated heterocycles. The minimum absolute atomic E-state index is 0.305. The van der Waals surface area contributed by atoms with E-state index in [1.165, 1.54) is 0 Å². The summed E-state index contributed by atoms with van der Waals surface area (Å²) < 4.78 is 4.59. The van der Waals surface area contributed by atoms with E-state index >= 15 is 0 Å². The molecule has 5 heteroatoms. The fraction of sp³-hybridized carbons (Fsp3) is 0.429. The van der Waals surface area contributed by atoms with Crippen LogP contribution in [-0.2, 0) is 9.53 Å². The number of rotatable bonds is 3. The van der Waals surface area contributed by atoms with Crippen molar-refractivity contribution in [3.63, 3.8) is 0 Å². The van der Waals surface area contributed by atoms with Crippen LogP contribution in [0.2, 0.25) is 0 Å². The predicted octanol–water partition coefficient (Wildman–Crippen LogP) is 0.122. The third-order valence-corrected chi connectivity index (χ3v) is 0.941. The van der Waals surface area contributed by atoms with Crippen molar-refractivity contribution in [1.82, 2.24) is 5.32 Å². The first-order valence-electron chi connectivity index (χ1n) is 3.47. The molecule has 0 atom stereocenters. The summed E-state index contributed by atoms with van der Waals surface area (Å²) in [6, 6.07) is -0.701. The lowest BCUT2D eigenvalue weighted by Crippen LogP contribution is -2.28. The topological polar surface area (TPSA) is 81.4 Å². The van der Waals surface area contributed by atoms with Gasteiger partial charge in [-0.25, -0.2) is 9.59 Å². The van der Waals surface area contributed by atoms with Gasteiger partial charge in [0, 0.05) is 11.8 Å². The molecule has 0 bridgehead atoms. The first kappa shape index (κ1) is 10.5. The van der Waals surface area contributed by atoms with Crippen LogP contribution in [0, 0.1) is 0 Å². The molecule has 68 valence electrons. The Bertz CT molecular complexity index is 211. The van der Waals surface area contributed by atoms with Crippen molar-refractivity contribution in [3.8, 4) is 0 Å². The summed E-state index contributed by atoms with van der Waals surface area (Å²) in [5.74, 6) is -0.497. The van der Waals surface area contributed by atoms with E-state index in [1.807, 2.05) is 0 Å². The van der Waals surface area contributed by atoms with Crippen molar-refractivity contribution in [2.24, 2.45) is 5.73 Å². The standard InChI is InChI=1S/C7H12N2O3/c1-3-12-6(10)4-5(2)9-7(8)11/h4H,3H2,1-2H3,(H3,8,9,11)/b5-4-. The minimum Gasteiger partial charge on any atom is -0.463 e. The molecule has 2 amide bonds. The molecule has 0 aromatic rings. The number of amides is 2. The van der Waals surface area contributed by atoms with E-state index in [9.17, 15) is 9.59 Å². The van der Waals surface area contributed by atoms with Crippen LogP contribution in [0.25, 0.3) is 0 Å². The van der Waals surface area contributed by atoms with Gasteiger partial charge in [-0.1, -0.05) is 0 Å². The van der Waals surface area contributed by atoms with Crippen molar-refractivity contribution in [1.29, 1.82) is 0 Å². The molecule has 0 radical (unpaired) electrons. The zero-order valence-electron chi connectivity index (χ0n) is 7.09. The van der Waals surface area contributed by atoms with Crippen molar-refractivity contribution in [3.05, 3.63) is 11.8 Å². The Morgan fingerprint density at radius 2 is 2.17 bits per heavy atom. The van der Waals surface area contributed by atoms with Gasteiger partial charge in [0.05, 0.1) is 6.61 Å². The van der Waals surface area contributed by atoms with Gasteiger partial charge in [0.2, 0.25) is 0 Å². The summed E-state index contributed by atoms with van der Waals surface area (Å²) in [4.78, 5) is 21.0. The number of primary amides is 1. The quantitative estimate of drug-likeness (QED) is 0.468. The number of carbonyl (C=O) groups is 2. The molecule has 5 nitrogen and oxygen atoms in total. The highest BCUT2D eigenvalue weighted by atomic mass is 16.5. The monoisotopic (exact) mass is 172 g/mol. The number of nitrogens with two attached hydrogens (primary N) is 1. The molecule has 0 aliphatic heterocycles. The van der Waals surface area contributed by atoms with Crippen molar-refractivity contribution >= 4 is 12.0 Å². The number of urea groups is 1. The smallest absolute Gasteiger partial charge is 0.332 e. The average Bonchev–Trinajstić information content (AvgIpc) is 1.84. The van der Waals surface area contributed by atoms with Gasteiger partial charge in [0.1, 0.15) is 0 Å². The number of ether oxygens (including phenoxy) is 1. The van der Waals surface area contributed by atoms with E-state index in [2.05, 4.69) is 10.1 Å². The van der Waals surface area contributed by atoms with Crippen LogP contribution in [0.5, 0.6) is 0 Å². The molecule has 0 aromatic carbocycles. The third-order valence-electron chi connectivity index (χ3n) is 0.941. The molecule has 0 unspecified atom stereocenters. The largest absolute Gasteiger partial charge is 0.463 e. The first-order chi connectivity index (χ1) is 5.56. The Morgan fingerprint density at radius 3 is 2.58 bits per heavy atom. The second-order valence-electron chi connectivity index (χ2n) is 2.07. The molecule has 0 aliphatic carbocycles. The summed E-state index contributed by atoms with van der Waals surface area (Å²) in [5, 5.41) is 2.23. The lowest BCUT2D eigenvalue weighted by molar-refractivity contribution is -0.137. The zero-order valence-corrected chi connectivity index (χ0v) is 7.09. The molecule has 12 heavy (non-hydrogen) atoms. The molecular weight excluding hydrogens is 160 g/mol. The molecule has 0 aromatic heterocycles. The van der Waals surface area contributed by atoms with Crippen LogP contribution in [-0.4, -0.2) is 18.6 Å². The van der Waals surface area contributed by atoms with Crippen LogP contribution in [0.4, 0.5) is 4.79 Å². The second kappa shape index (κ2) is 5.17. The van der Waals surface area contributed by atoms with Crippen molar-refractivity contribution in [2.45, 2.75) is 13.8 Å². The molecule has 0 fully saturated rings. The van der Waals surface area contributed by atoms with Gasteiger partial charge in [-0.15, -0.1) is 0 Å². The summed E-state index contributed by atoms with van der Waals surface area (Å²) in [6.07, 6.45) is 1.16. The van der Waals surface area contributed by atoms with Gasteiger partial charge in [0.15, 0.2) is 0 Å². The zero-order chi connectivity index (χ0) is 9.56. The number of hydrogen-bond donors (Lipinski definition) is 2. The van der Waals surface area contributed by atoms with Crippen LogP contribution in [0.1, 0.15) is 13.8 Å². The highest BCUT2D eigenvalue weighted by molar-refractivity contribution is 5.84. The number of carbonyl (C=O) groups excluding carboxylic acids is 2. The summed E-state index contributed by atoms with van der Waals surface area (Å²) in [7, 11) is 0. The van der Waals surface area contributed by atoms with Crippen LogP contribution in [0.3, 0.4) is 0 Å². The van der Waals surface area contributed by atoms with E-state index in [0.29, 0.717) is 12.3 Å². The third kappa shape index (κ3) is 5.28. The van der Waals surface area contributed by atoms with E-state index < -0.39 is 12.0 Å². The predicted molar refractivity (Wildman–Crippen MR) is 43.1 cm³/mol. The lowest BCUT2D eigenvalue weighted by atomic mass is 10.4. The van der Waals surface area contributed by atoms with E-state index in [0.717, 1.165) is 6.08 Å². The molecular formula is C7H12N2O3. The van der Waals surface area contributed by atoms with E-state index in [-0.39, 0.29) is 0 Å². The molecule has 0 spiro atoms. The normalized spacial score (nSPS) is 10.7. The highest BCUT2D eigenvalue weighted by Crippen LogP contribution is 1.88. The summed E-state index contributed by atoms with van der Waals surface area (Å²) >= 11 is 0. The van der Waals surface area contributed by atoms with Gasteiger partial charge in [-0.05, 0) is 13.8 Å². The number of allylic oxidation sites excluding steroid dienone is 1. The Kier molecular flexibility index (Phi) is 4.52. The number of esters is 1. The summed E-state index contributed by atoms with van der Waals surface area (Å²) in [6.45, 7) is 3.55. The Morgan fingerprint density at radius 1 is 1.58 bits per heavy atom. The first-order valence-corrected chi connectivity index (χ1v) is 3.47. The maximum absolute atomic E-state index is 10.7. The van der Waals surface area contributed by atoms with Gasteiger partial charge in [0.25, 0.3) is 0 Å². The lowest BCUT2D eigenvalue weighted by Gasteiger charge is -2.00. The Balaban J connectivity index is 3.97. The minimum atomic E-state index is -0.701. The van der Waals surface area contributed by atoms with Crippen LogP contribution < -0.4 is 11.1 Å². The Labute approximate surface area is 70.6 Å². The summed E-state index contributed by atoms with van der Waals surface area (Å²) in [5.41, 5.74) is 5.16. The molecule has 0 rings (SSSR count). The van der Waals surface area contributed by atoms with Crippen molar-refractivity contribution in [2.75, 3.05) is 6.61 Å². The van der Waals surface area contributed by atoms with Gasteiger partial charge < -0.3 is 15.8 Å². The average molecular weight is 172 g/mol. The van der Waals surface area contributed by atoms with Crippen LogP contribution in [0.15, 0.2) is 11.8 Å². The van der Waals surface area contributed by atoms with Gasteiger partial charge in [-0.3, -0.25) is 0 Å². The Hall–Kier alpha value is -1.52. The van der Waals surface area contributed by atoms with Crippen LogP contribution >= 0.6 is 0 Å². The second-order valence-corrected chi connectivity index (χ2v) is 2.07. The maximum Gasteiger partial charge on any atom is 0.332 e. The van der Waals surface area contributed by atoms with Crippen molar-refractivity contribution < 1.29 is 14.3 Å². The molecule has 3 N–H and O–H groups in total. The van der Waals surface area contributed by atoms with Gasteiger partial charge >= 0.3 is 12.0 Å². The number of hydrogen-bond acceptors (Lipinski definition) is 3. The molecule has 0 saturated carbocycles.